The van der Waals surface area contributed by atoms with Crippen molar-refractivity contribution in [3.8, 4) is 0 Å². The average Bonchev–Trinajstić information content (AvgIpc) is 2.74. The third-order valence-corrected chi connectivity index (χ3v) is 4.90. The first-order chi connectivity index (χ1) is 13.7. The minimum atomic E-state index is 0.769. The van der Waals surface area contributed by atoms with E-state index in [1.807, 2.05) is 25.1 Å². The number of aryl methyl sites for hydroxylation is 2. The zero-order valence-corrected chi connectivity index (χ0v) is 16.3. The molecule has 7 heteroatoms. The average molecular weight is 375 g/mol. The summed E-state index contributed by atoms with van der Waals surface area (Å²) in [6.07, 6.45) is 4.54. The lowest BCUT2D eigenvalue weighted by Gasteiger charge is -2.34. The highest BCUT2D eigenvalue weighted by atomic mass is 15.4. The molecule has 7 nitrogen and oxygen atoms in total. The summed E-state index contributed by atoms with van der Waals surface area (Å²) in [7, 11) is 0. The fourth-order valence-corrected chi connectivity index (χ4v) is 3.41. The molecule has 0 amide bonds. The van der Waals surface area contributed by atoms with Crippen LogP contribution < -0.4 is 15.1 Å². The van der Waals surface area contributed by atoms with Gasteiger partial charge >= 0.3 is 0 Å². The first kappa shape index (κ1) is 18.2. The zero-order valence-electron chi connectivity index (χ0n) is 16.3. The summed E-state index contributed by atoms with van der Waals surface area (Å²) >= 11 is 0. The van der Waals surface area contributed by atoms with Crippen molar-refractivity contribution in [2.24, 2.45) is 0 Å². The molecule has 2 aromatic heterocycles. The predicted molar refractivity (Wildman–Crippen MR) is 112 cm³/mol. The van der Waals surface area contributed by atoms with Gasteiger partial charge in [0, 0.05) is 56.0 Å². The Morgan fingerprint density at radius 1 is 0.893 bits per heavy atom. The monoisotopic (exact) mass is 375 g/mol. The number of piperazine rings is 1. The van der Waals surface area contributed by atoms with E-state index < -0.39 is 0 Å². The molecule has 1 saturated heterocycles. The van der Waals surface area contributed by atoms with Gasteiger partial charge in [-0.3, -0.25) is 0 Å². The summed E-state index contributed by atoms with van der Waals surface area (Å²) in [5.74, 6) is 2.38. The van der Waals surface area contributed by atoms with Crippen molar-refractivity contribution in [2.75, 3.05) is 41.3 Å². The third-order valence-electron chi connectivity index (χ3n) is 4.90. The van der Waals surface area contributed by atoms with E-state index in [4.69, 9.17) is 4.98 Å². The molecule has 0 atom stereocenters. The molecular formula is C21H25N7. The molecule has 1 aliphatic heterocycles. The Balaban J connectivity index is 1.49. The van der Waals surface area contributed by atoms with Crippen LogP contribution in [0.2, 0.25) is 0 Å². The van der Waals surface area contributed by atoms with Gasteiger partial charge in [-0.1, -0.05) is 25.1 Å². The number of nitrogens with one attached hydrogen (secondary N) is 1. The lowest BCUT2D eigenvalue weighted by Crippen LogP contribution is -2.47. The van der Waals surface area contributed by atoms with E-state index in [9.17, 15) is 0 Å². The maximum atomic E-state index is 4.78. The van der Waals surface area contributed by atoms with Gasteiger partial charge in [-0.05, 0) is 31.0 Å². The molecule has 0 unspecified atom stereocenters. The summed E-state index contributed by atoms with van der Waals surface area (Å²) in [5, 5.41) is 3.47. The molecule has 28 heavy (non-hydrogen) atoms. The summed E-state index contributed by atoms with van der Waals surface area (Å²) in [6.45, 7) is 7.55. The number of aromatic nitrogens is 4. The first-order valence-corrected chi connectivity index (χ1v) is 9.70. The normalized spacial score (nSPS) is 14.2. The van der Waals surface area contributed by atoms with Crippen LogP contribution in [0.25, 0.3) is 0 Å². The third kappa shape index (κ3) is 4.03. The van der Waals surface area contributed by atoms with Crippen molar-refractivity contribution >= 4 is 23.4 Å². The summed E-state index contributed by atoms with van der Waals surface area (Å²) in [6, 6.07) is 12.2. The van der Waals surface area contributed by atoms with Crippen LogP contribution in [0.15, 0.2) is 48.8 Å². The largest absolute Gasteiger partial charge is 0.340 e. The summed E-state index contributed by atoms with van der Waals surface area (Å²) in [5.41, 5.74) is 3.33. The summed E-state index contributed by atoms with van der Waals surface area (Å²) in [4.78, 5) is 22.6. The predicted octanol–water partition coefficient (Wildman–Crippen LogP) is 3.21. The first-order valence-electron chi connectivity index (χ1n) is 9.70. The standard InChI is InChI=1S/C21H25N7/c1-3-17-7-4-5-8-18(17)25-19-15-16(2)24-21(26-19)28-13-11-27(12-14-28)20-22-9-6-10-23-20/h4-10,15H,3,11-14H2,1-2H3,(H,24,25,26). The lowest BCUT2D eigenvalue weighted by molar-refractivity contribution is 0.627. The Morgan fingerprint density at radius 2 is 1.57 bits per heavy atom. The molecule has 0 aliphatic carbocycles. The van der Waals surface area contributed by atoms with E-state index in [1.165, 1.54) is 5.56 Å². The molecule has 1 aliphatic rings. The topological polar surface area (TPSA) is 70.1 Å². The fraction of sp³-hybridized carbons (Fsp3) is 0.333. The minimum absolute atomic E-state index is 0.769. The number of benzene rings is 1. The molecule has 0 bridgehead atoms. The lowest BCUT2D eigenvalue weighted by atomic mass is 10.1. The van der Waals surface area contributed by atoms with Crippen LogP contribution >= 0.6 is 0 Å². The molecule has 1 N–H and O–H groups in total. The van der Waals surface area contributed by atoms with Gasteiger partial charge in [-0.15, -0.1) is 0 Å². The molecule has 3 heterocycles. The number of nitrogens with zero attached hydrogens (tertiary/aromatic N) is 6. The van der Waals surface area contributed by atoms with E-state index in [2.05, 4.69) is 55.2 Å². The zero-order chi connectivity index (χ0) is 19.3. The molecular weight excluding hydrogens is 350 g/mol. The van der Waals surface area contributed by atoms with Crippen molar-refractivity contribution in [3.05, 3.63) is 60.0 Å². The highest BCUT2D eigenvalue weighted by molar-refractivity contribution is 5.61. The van der Waals surface area contributed by atoms with E-state index in [0.29, 0.717) is 0 Å². The van der Waals surface area contributed by atoms with Gasteiger partial charge in [0.2, 0.25) is 11.9 Å². The van der Waals surface area contributed by atoms with Crippen molar-refractivity contribution in [1.29, 1.82) is 0 Å². The van der Waals surface area contributed by atoms with Crippen LogP contribution in [-0.2, 0) is 6.42 Å². The number of hydrogen-bond acceptors (Lipinski definition) is 7. The van der Waals surface area contributed by atoms with Crippen LogP contribution in [0.3, 0.4) is 0 Å². The Hall–Kier alpha value is -3.22. The van der Waals surface area contributed by atoms with Crippen molar-refractivity contribution < 1.29 is 0 Å². The second kappa shape index (κ2) is 8.21. The van der Waals surface area contributed by atoms with Crippen molar-refractivity contribution in [1.82, 2.24) is 19.9 Å². The van der Waals surface area contributed by atoms with Crippen LogP contribution in [-0.4, -0.2) is 46.1 Å². The molecule has 1 fully saturated rings. The van der Waals surface area contributed by atoms with Crippen molar-refractivity contribution in [2.45, 2.75) is 20.3 Å². The van der Waals surface area contributed by atoms with Gasteiger partial charge in [0.15, 0.2) is 0 Å². The Labute approximate surface area is 165 Å². The maximum Gasteiger partial charge on any atom is 0.227 e. The molecule has 0 radical (unpaired) electrons. The molecule has 0 spiro atoms. The highest BCUT2D eigenvalue weighted by Gasteiger charge is 2.21. The van der Waals surface area contributed by atoms with Gasteiger partial charge in [-0.25, -0.2) is 15.0 Å². The molecule has 0 saturated carbocycles. The van der Waals surface area contributed by atoms with Crippen LogP contribution in [0, 0.1) is 6.92 Å². The Kier molecular flexibility index (Phi) is 5.32. The van der Waals surface area contributed by atoms with Gasteiger partial charge in [-0.2, -0.15) is 4.98 Å². The van der Waals surface area contributed by atoms with Gasteiger partial charge in [0.05, 0.1) is 0 Å². The van der Waals surface area contributed by atoms with Gasteiger partial charge < -0.3 is 15.1 Å². The minimum Gasteiger partial charge on any atom is -0.340 e. The van der Waals surface area contributed by atoms with E-state index >= 15 is 0 Å². The number of para-hydroxylation sites is 1. The smallest absolute Gasteiger partial charge is 0.227 e. The Morgan fingerprint density at radius 3 is 2.29 bits per heavy atom. The van der Waals surface area contributed by atoms with Crippen LogP contribution in [0.1, 0.15) is 18.2 Å². The second-order valence-corrected chi connectivity index (χ2v) is 6.85. The maximum absolute atomic E-state index is 4.78. The quantitative estimate of drug-likeness (QED) is 0.734. The highest BCUT2D eigenvalue weighted by Crippen LogP contribution is 2.23. The van der Waals surface area contributed by atoms with E-state index in [1.54, 1.807) is 12.4 Å². The SMILES string of the molecule is CCc1ccccc1Nc1cc(C)nc(N2CCN(c3ncccn3)CC2)n1. The molecule has 3 aromatic rings. The van der Waals surface area contributed by atoms with Crippen molar-refractivity contribution in [3.63, 3.8) is 0 Å². The van der Waals surface area contributed by atoms with Crippen LogP contribution in [0.5, 0.6) is 0 Å². The molecule has 4 rings (SSSR count). The summed E-state index contributed by atoms with van der Waals surface area (Å²) < 4.78 is 0. The number of anilines is 4. The number of rotatable bonds is 5. The second-order valence-electron chi connectivity index (χ2n) is 6.85. The van der Waals surface area contributed by atoms with Gasteiger partial charge in [0.1, 0.15) is 5.82 Å². The van der Waals surface area contributed by atoms with Gasteiger partial charge in [0.25, 0.3) is 0 Å². The van der Waals surface area contributed by atoms with E-state index in [0.717, 1.165) is 61.7 Å². The van der Waals surface area contributed by atoms with E-state index in [-0.39, 0.29) is 0 Å². The molecule has 144 valence electrons. The number of hydrogen-bond donors (Lipinski definition) is 1. The Bertz CT molecular complexity index is 921. The van der Waals surface area contributed by atoms with Crippen LogP contribution in [0.4, 0.5) is 23.4 Å². The fourth-order valence-electron chi connectivity index (χ4n) is 3.41. The molecule has 1 aromatic carbocycles.